The number of carbonyl (C=O) groups excluding carboxylic acids is 1. The number of hydrogen-bond acceptors (Lipinski definition) is 2. The zero-order chi connectivity index (χ0) is 14.0. The second kappa shape index (κ2) is 5.92. The van der Waals surface area contributed by atoms with Crippen molar-refractivity contribution in [1.82, 2.24) is 0 Å². The minimum atomic E-state index is -0.243. The molecule has 0 aliphatic rings. The van der Waals surface area contributed by atoms with Crippen molar-refractivity contribution in [2.24, 2.45) is 0 Å². The number of amides is 1. The van der Waals surface area contributed by atoms with Crippen LogP contribution in [0.25, 0.3) is 0 Å². The van der Waals surface area contributed by atoms with Gasteiger partial charge in [0, 0.05) is 15.7 Å². The average molecular weight is 432 g/mol. The van der Waals surface area contributed by atoms with E-state index in [0.29, 0.717) is 9.13 Å². The maximum atomic E-state index is 12.1. The fourth-order valence-electron chi connectivity index (χ4n) is 1.58. The summed E-state index contributed by atoms with van der Waals surface area (Å²) in [6.45, 7) is 1.92. The first kappa shape index (κ1) is 14.3. The van der Waals surface area contributed by atoms with E-state index in [1.54, 1.807) is 12.1 Å². The molecule has 0 fully saturated rings. The summed E-state index contributed by atoms with van der Waals surface area (Å²) in [6.07, 6.45) is 0. The molecule has 2 aromatic carbocycles. The van der Waals surface area contributed by atoms with E-state index in [1.165, 1.54) is 6.07 Å². The van der Waals surface area contributed by atoms with Crippen molar-refractivity contribution in [3.63, 3.8) is 0 Å². The summed E-state index contributed by atoms with van der Waals surface area (Å²) in [5.41, 5.74) is 2.15. The molecule has 0 radical (unpaired) electrons. The molecule has 2 rings (SSSR count). The van der Waals surface area contributed by atoms with Crippen molar-refractivity contribution >= 4 is 50.1 Å². The summed E-state index contributed by atoms with van der Waals surface area (Å²) in [4.78, 5) is 12.1. The zero-order valence-corrected chi connectivity index (χ0v) is 13.8. The minimum absolute atomic E-state index is 0.110. The normalized spacial score (nSPS) is 10.3. The molecule has 0 unspecified atom stereocenters. The molecule has 2 aromatic rings. The Kier molecular flexibility index (Phi) is 4.46. The molecule has 0 atom stereocenters. The molecule has 3 nitrogen and oxygen atoms in total. The van der Waals surface area contributed by atoms with Gasteiger partial charge < -0.3 is 10.4 Å². The van der Waals surface area contributed by atoms with E-state index in [-0.39, 0.29) is 11.7 Å². The predicted octanol–water partition coefficient (Wildman–Crippen LogP) is 4.32. The smallest absolute Gasteiger partial charge is 0.255 e. The zero-order valence-electron chi connectivity index (χ0n) is 10.1. The molecule has 1 amide bonds. The highest BCUT2D eigenvalue weighted by atomic mass is 127. The third-order valence-electron chi connectivity index (χ3n) is 2.66. The van der Waals surface area contributed by atoms with Gasteiger partial charge in [-0.1, -0.05) is 22.0 Å². The Hall–Kier alpha value is -1.08. The van der Waals surface area contributed by atoms with Crippen LogP contribution in [0, 0.1) is 10.5 Å². The Balaban J connectivity index is 2.25. The molecular weight excluding hydrogens is 421 g/mol. The fraction of sp³-hybridized carbons (Fsp3) is 0.0714. The van der Waals surface area contributed by atoms with Crippen LogP contribution in [0.2, 0.25) is 0 Å². The predicted molar refractivity (Wildman–Crippen MR) is 87.7 cm³/mol. The number of phenols is 1. The second-order valence-electron chi connectivity index (χ2n) is 4.08. The number of nitrogens with one attached hydrogen (secondary N) is 1. The second-order valence-corrected chi connectivity index (χ2v) is 6.16. The first-order chi connectivity index (χ1) is 8.97. The van der Waals surface area contributed by atoms with Crippen LogP contribution in [0.1, 0.15) is 15.9 Å². The molecular formula is C14H11BrINO2. The minimum Gasteiger partial charge on any atom is -0.507 e. The number of phenolic OH excluding ortho intramolecular Hbond substituents is 1. The van der Waals surface area contributed by atoms with Gasteiger partial charge in [-0.3, -0.25) is 4.79 Å². The van der Waals surface area contributed by atoms with Gasteiger partial charge in [0.05, 0.1) is 3.57 Å². The van der Waals surface area contributed by atoms with E-state index in [2.05, 4.69) is 21.2 Å². The quantitative estimate of drug-likeness (QED) is 0.695. The van der Waals surface area contributed by atoms with Crippen molar-refractivity contribution in [2.75, 3.05) is 5.32 Å². The number of halogens is 2. The van der Waals surface area contributed by atoms with E-state index >= 15 is 0 Å². The topological polar surface area (TPSA) is 49.3 Å². The van der Waals surface area contributed by atoms with E-state index in [0.717, 1.165) is 15.7 Å². The van der Waals surface area contributed by atoms with Crippen molar-refractivity contribution in [2.45, 2.75) is 6.92 Å². The Bertz CT molecular complexity index is 643. The van der Waals surface area contributed by atoms with Crippen LogP contribution in [0.4, 0.5) is 5.69 Å². The lowest BCUT2D eigenvalue weighted by Crippen LogP contribution is -2.12. The van der Waals surface area contributed by atoms with Gasteiger partial charge in [-0.25, -0.2) is 0 Å². The number of rotatable bonds is 2. The Labute approximate surface area is 133 Å². The van der Waals surface area contributed by atoms with Crippen LogP contribution in [0.3, 0.4) is 0 Å². The van der Waals surface area contributed by atoms with Crippen LogP contribution < -0.4 is 5.32 Å². The standard InChI is InChI=1S/C14H11BrINO2/c1-8-2-4-10(15)7-12(8)17-14(19)9-3-5-11(16)13(18)6-9/h2-7,18H,1H3,(H,17,19). The summed E-state index contributed by atoms with van der Waals surface area (Å²) in [6, 6.07) is 10.5. The molecule has 0 aromatic heterocycles. The number of anilines is 1. The number of aromatic hydroxyl groups is 1. The molecule has 19 heavy (non-hydrogen) atoms. The van der Waals surface area contributed by atoms with Gasteiger partial charge in [0.25, 0.3) is 5.91 Å². The molecule has 0 spiro atoms. The number of aryl methyl sites for hydroxylation is 1. The van der Waals surface area contributed by atoms with Gasteiger partial charge in [0.15, 0.2) is 0 Å². The summed E-state index contributed by atoms with van der Waals surface area (Å²) in [7, 11) is 0. The molecule has 5 heteroatoms. The summed E-state index contributed by atoms with van der Waals surface area (Å²) < 4.78 is 1.62. The van der Waals surface area contributed by atoms with Crippen molar-refractivity contribution in [3.05, 3.63) is 55.6 Å². The van der Waals surface area contributed by atoms with E-state index in [4.69, 9.17) is 0 Å². The van der Waals surface area contributed by atoms with Gasteiger partial charge in [0.2, 0.25) is 0 Å². The van der Waals surface area contributed by atoms with Gasteiger partial charge in [-0.2, -0.15) is 0 Å². The van der Waals surface area contributed by atoms with Gasteiger partial charge in [-0.15, -0.1) is 0 Å². The van der Waals surface area contributed by atoms with E-state index in [1.807, 2.05) is 47.7 Å². The molecule has 0 bridgehead atoms. The van der Waals surface area contributed by atoms with Gasteiger partial charge in [0.1, 0.15) is 5.75 Å². The highest BCUT2D eigenvalue weighted by Gasteiger charge is 2.10. The van der Waals surface area contributed by atoms with E-state index in [9.17, 15) is 9.90 Å². The van der Waals surface area contributed by atoms with Crippen LogP contribution in [-0.2, 0) is 0 Å². The van der Waals surface area contributed by atoms with E-state index < -0.39 is 0 Å². The van der Waals surface area contributed by atoms with Gasteiger partial charge in [-0.05, 0) is 65.4 Å². The first-order valence-corrected chi connectivity index (χ1v) is 7.40. The summed E-state index contributed by atoms with van der Waals surface area (Å²) in [5.74, 6) is -0.132. The van der Waals surface area contributed by atoms with Crippen molar-refractivity contribution < 1.29 is 9.90 Å². The molecule has 2 N–H and O–H groups in total. The van der Waals surface area contributed by atoms with Crippen LogP contribution in [0.15, 0.2) is 40.9 Å². The molecule has 98 valence electrons. The Morgan fingerprint density at radius 3 is 2.68 bits per heavy atom. The maximum absolute atomic E-state index is 12.1. The monoisotopic (exact) mass is 431 g/mol. The van der Waals surface area contributed by atoms with Crippen LogP contribution in [0.5, 0.6) is 5.75 Å². The largest absolute Gasteiger partial charge is 0.507 e. The number of hydrogen-bond donors (Lipinski definition) is 2. The highest BCUT2D eigenvalue weighted by molar-refractivity contribution is 14.1. The Morgan fingerprint density at radius 2 is 2.00 bits per heavy atom. The molecule has 0 aliphatic carbocycles. The molecule has 0 saturated heterocycles. The molecule has 0 saturated carbocycles. The highest BCUT2D eigenvalue weighted by Crippen LogP contribution is 2.23. The Morgan fingerprint density at radius 1 is 1.26 bits per heavy atom. The number of carbonyl (C=O) groups is 1. The average Bonchev–Trinajstić information content (AvgIpc) is 2.37. The third-order valence-corrected chi connectivity index (χ3v) is 4.06. The summed E-state index contributed by atoms with van der Waals surface area (Å²) >= 11 is 5.38. The SMILES string of the molecule is Cc1ccc(Br)cc1NC(=O)c1ccc(I)c(O)c1. The first-order valence-electron chi connectivity index (χ1n) is 5.53. The van der Waals surface area contributed by atoms with Crippen LogP contribution in [-0.4, -0.2) is 11.0 Å². The lowest BCUT2D eigenvalue weighted by atomic mass is 10.1. The molecule has 0 heterocycles. The van der Waals surface area contributed by atoms with Gasteiger partial charge >= 0.3 is 0 Å². The van der Waals surface area contributed by atoms with Crippen LogP contribution >= 0.6 is 38.5 Å². The fourth-order valence-corrected chi connectivity index (χ4v) is 2.27. The third kappa shape index (κ3) is 3.48. The van der Waals surface area contributed by atoms with Crippen molar-refractivity contribution in [1.29, 1.82) is 0 Å². The summed E-state index contributed by atoms with van der Waals surface area (Å²) in [5, 5.41) is 12.5. The maximum Gasteiger partial charge on any atom is 0.255 e. The lowest BCUT2D eigenvalue weighted by molar-refractivity contribution is 0.102. The van der Waals surface area contributed by atoms with Crippen molar-refractivity contribution in [3.8, 4) is 5.75 Å². The number of benzene rings is 2. The molecule has 0 aliphatic heterocycles. The lowest BCUT2D eigenvalue weighted by Gasteiger charge is -2.09.